The molecule has 1 fully saturated rings. The van der Waals surface area contributed by atoms with Gasteiger partial charge in [0.05, 0.1) is 18.1 Å². The Morgan fingerprint density at radius 1 is 1.28 bits per heavy atom. The molecule has 25 heavy (non-hydrogen) atoms. The number of carbonyl (C=O) groups is 1. The quantitative estimate of drug-likeness (QED) is 0.850. The van der Waals surface area contributed by atoms with Crippen LogP contribution in [0, 0.1) is 0 Å². The molecule has 0 bridgehead atoms. The number of nitrogens with one attached hydrogen (secondary N) is 1. The molecule has 1 aromatic carbocycles. The first kappa shape index (κ1) is 18.3. The Bertz CT molecular complexity index is 729. The highest BCUT2D eigenvalue weighted by molar-refractivity contribution is 7.89. The fourth-order valence-corrected chi connectivity index (χ4v) is 4.26. The first-order chi connectivity index (χ1) is 12.0. The van der Waals surface area contributed by atoms with Crippen LogP contribution in [0.15, 0.2) is 23.1 Å². The smallest absolute Gasteiger partial charge is 0.240 e. The summed E-state index contributed by atoms with van der Waals surface area (Å²) in [5.74, 6) is -0.0258. The Morgan fingerprint density at radius 2 is 2.04 bits per heavy atom. The highest BCUT2D eigenvalue weighted by Gasteiger charge is 2.23. The Hall–Kier alpha value is -1.48. The fourth-order valence-electron chi connectivity index (χ4n) is 3.17. The number of hydrogen-bond acceptors (Lipinski definition) is 5. The minimum absolute atomic E-state index is 0.0258. The molecule has 0 unspecified atom stereocenters. The maximum atomic E-state index is 12.5. The predicted octanol–water partition coefficient (Wildman–Crippen LogP) is 1.42. The average Bonchev–Trinajstić information content (AvgIpc) is 2.61. The molecular formula is C17H24N2O5S. The van der Waals surface area contributed by atoms with Gasteiger partial charge in [-0.05, 0) is 43.0 Å². The van der Waals surface area contributed by atoms with E-state index in [0.717, 1.165) is 30.5 Å². The van der Waals surface area contributed by atoms with Gasteiger partial charge in [0.15, 0.2) is 6.29 Å². The van der Waals surface area contributed by atoms with Gasteiger partial charge in [-0.1, -0.05) is 0 Å². The SMILES string of the molecule is CC(=O)N1CCCc2cc(S(=O)(=O)NCCC3OCCCO3)ccc21. The number of ether oxygens (including phenoxy) is 2. The Labute approximate surface area is 148 Å². The Kier molecular flexibility index (Phi) is 5.73. The van der Waals surface area contributed by atoms with Gasteiger partial charge in [0.25, 0.3) is 0 Å². The van der Waals surface area contributed by atoms with Crippen molar-refractivity contribution >= 4 is 21.6 Å². The summed E-state index contributed by atoms with van der Waals surface area (Å²) < 4.78 is 38.4. The van der Waals surface area contributed by atoms with Gasteiger partial charge in [-0.15, -0.1) is 0 Å². The molecule has 138 valence electrons. The summed E-state index contributed by atoms with van der Waals surface area (Å²) in [5.41, 5.74) is 1.70. The summed E-state index contributed by atoms with van der Waals surface area (Å²) in [6.45, 7) is 3.75. The first-order valence-corrected chi connectivity index (χ1v) is 10.1. The molecule has 3 rings (SSSR count). The van der Waals surface area contributed by atoms with Crippen LogP contribution in [0.2, 0.25) is 0 Å². The standard InChI is InChI=1S/C17H24N2O5S/c1-13(20)19-9-2-4-14-12-15(5-6-16(14)19)25(21,22)18-8-7-17-23-10-3-11-24-17/h5-6,12,17-18H,2-4,7-11H2,1H3. The zero-order valence-electron chi connectivity index (χ0n) is 14.4. The highest BCUT2D eigenvalue weighted by atomic mass is 32.2. The lowest BCUT2D eigenvalue weighted by atomic mass is 10.0. The summed E-state index contributed by atoms with van der Waals surface area (Å²) >= 11 is 0. The van der Waals surface area contributed by atoms with E-state index in [-0.39, 0.29) is 23.6 Å². The lowest BCUT2D eigenvalue weighted by Gasteiger charge is -2.29. The van der Waals surface area contributed by atoms with E-state index in [1.165, 1.54) is 6.92 Å². The second kappa shape index (κ2) is 7.82. The number of amides is 1. The monoisotopic (exact) mass is 368 g/mol. The maximum absolute atomic E-state index is 12.5. The number of benzene rings is 1. The molecule has 0 spiro atoms. The van der Waals surface area contributed by atoms with Crippen molar-refractivity contribution < 1.29 is 22.7 Å². The van der Waals surface area contributed by atoms with Crippen molar-refractivity contribution in [2.45, 2.75) is 43.8 Å². The van der Waals surface area contributed by atoms with Gasteiger partial charge in [-0.2, -0.15) is 0 Å². The van der Waals surface area contributed by atoms with Gasteiger partial charge in [0.1, 0.15) is 0 Å². The van der Waals surface area contributed by atoms with Crippen LogP contribution >= 0.6 is 0 Å². The van der Waals surface area contributed by atoms with Crippen LogP contribution in [0.1, 0.15) is 31.7 Å². The van der Waals surface area contributed by atoms with E-state index < -0.39 is 10.0 Å². The number of hydrogen-bond donors (Lipinski definition) is 1. The topological polar surface area (TPSA) is 84.9 Å². The van der Waals surface area contributed by atoms with Crippen LogP contribution in [0.25, 0.3) is 0 Å². The number of nitrogens with zero attached hydrogens (tertiary/aromatic N) is 1. The number of fused-ring (bicyclic) bond motifs is 1. The average molecular weight is 368 g/mol. The van der Waals surface area contributed by atoms with E-state index in [0.29, 0.717) is 26.2 Å². The van der Waals surface area contributed by atoms with Crippen molar-refractivity contribution in [3.8, 4) is 0 Å². The van der Waals surface area contributed by atoms with Crippen molar-refractivity contribution in [3.05, 3.63) is 23.8 Å². The molecule has 2 aliphatic rings. The molecule has 0 radical (unpaired) electrons. The van der Waals surface area contributed by atoms with Crippen LogP contribution in [-0.4, -0.2) is 46.9 Å². The molecule has 1 saturated heterocycles. The predicted molar refractivity (Wildman–Crippen MR) is 92.9 cm³/mol. The fraction of sp³-hybridized carbons (Fsp3) is 0.588. The third kappa shape index (κ3) is 4.38. The number of rotatable bonds is 5. The second-order valence-corrected chi connectivity index (χ2v) is 8.04. The summed E-state index contributed by atoms with van der Waals surface area (Å²) in [5, 5.41) is 0. The molecular weight excluding hydrogens is 344 g/mol. The Morgan fingerprint density at radius 3 is 2.76 bits per heavy atom. The van der Waals surface area contributed by atoms with E-state index in [2.05, 4.69) is 4.72 Å². The van der Waals surface area contributed by atoms with E-state index in [1.807, 2.05) is 0 Å². The lowest BCUT2D eigenvalue weighted by Crippen LogP contribution is -2.34. The van der Waals surface area contributed by atoms with Gasteiger partial charge in [-0.25, -0.2) is 13.1 Å². The summed E-state index contributed by atoms with van der Waals surface area (Å²) in [6.07, 6.45) is 2.60. The van der Waals surface area contributed by atoms with Crippen LogP contribution in [0.5, 0.6) is 0 Å². The van der Waals surface area contributed by atoms with E-state index in [9.17, 15) is 13.2 Å². The van der Waals surface area contributed by atoms with Gasteiger partial charge in [0.2, 0.25) is 15.9 Å². The first-order valence-electron chi connectivity index (χ1n) is 8.61. The van der Waals surface area contributed by atoms with Crippen molar-refractivity contribution in [1.82, 2.24) is 4.72 Å². The molecule has 2 aliphatic heterocycles. The summed E-state index contributed by atoms with van der Waals surface area (Å²) in [4.78, 5) is 13.6. The molecule has 0 aromatic heterocycles. The van der Waals surface area contributed by atoms with E-state index >= 15 is 0 Å². The van der Waals surface area contributed by atoms with Gasteiger partial charge in [0, 0.05) is 32.1 Å². The van der Waals surface area contributed by atoms with Crippen molar-refractivity contribution in [1.29, 1.82) is 0 Å². The molecule has 1 aromatic rings. The molecule has 0 aliphatic carbocycles. The van der Waals surface area contributed by atoms with E-state index in [4.69, 9.17) is 9.47 Å². The zero-order valence-corrected chi connectivity index (χ0v) is 15.2. The molecule has 0 saturated carbocycles. The maximum Gasteiger partial charge on any atom is 0.240 e. The molecule has 0 atom stereocenters. The number of carbonyl (C=O) groups excluding carboxylic acids is 1. The Balaban J connectivity index is 1.66. The van der Waals surface area contributed by atoms with E-state index in [1.54, 1.807) is 23.1 Å². The normalized spacial score (nSPS) is 18.8. The van der Waals surface area contributed by atoms with Crippen molar-refractivity contribution in [2.75, 3.05) is 31.2 Å². The van der Waals surface area contributed by atoms with Crippen LogP contribution in [0.3, 0.4) is 0 Å². The minimum Gasteiger partial charge on any atom is -0.353 e. The van der Waals surface area contributed by atoms with Gasteiger partial charge in [-0.3, -0.25) is 4.79 Å². The zero-order chi connectivity index (χ0) is 17.9. The van der Waals surface area contributed by atoms with Crippen LogP contribution < -0.4 is 9.62 Å². The second-order valence-electron chi connectivity index (χ2n) is 6.28. The minimum atomic E-state index is -3.60. The number of aryl methyl sites for hydroxylation is 1. The lowest BCUT2D eigenvalue weighted by molar-refractivity contribution is -0.180. The summed E-state index contributed by atoms with van der Waals surface area (Å²) in [7, 11) is -3.60. The third-order valence-electron chi connectivity index (χ3n) is 4.43. The van der Waals surface area contributed by atoms with Crippen LogP contribution in [-0.2, 0) is 30.7 Å². The van der Waals surface area contributed by atoms with Gasteiger partial charge < -0.3 is 14.4 Å². The molecule has 8 heteroatoms. The molecule has 1 amide bonds. The van der Waals surface area contributed by atoms with Crippen LogP contribution in [0.4, 0.5) is 5.69 Å². The third-order valence-corrected chi connectivity index (χ3v) is 5.89. The van der Waals surface area contributed by atoms with Gasteiger partial charge >= 0.3 is 0 Å². The largest absolute Gasteiger partial charge is 0.353 e. The molecule has 1 N–H and O–H groups in total. The summed E-state index contributed by atoms with van der Waals surface area (Å²) in [6, 6.07) is 4.94. The van der Waals surface area contributed by atoms with Crippen molar-refractivity contribution in [2.24, 2.45) is 0 Å². The molecule has 7 nitrogen and oxygen atoms in total. The highest BCUT2D eigenvalue weighted by Crippen LogP contribution is 2.29. The number of sulfonamides is 1. The number of anilines is 1. The van der Waals surface area contributed by atoms with Crippen molar-refractivity contribution in [3.63, 3.8) is 0 Å². The molecule has 2 heterocycles.